The Morgan fingerprint density at radius 3 is 2.76 bits per heavy atom. The molecular formula is C19H20F2N4O3S. The minimum Gasteiger partial charge on any atom is -0.389 e. The summed E-state index contributed by atoms with van der Waals surface area (Å²) in [6, 6.07) is 3.92. The zero-order chi connectivity index (χ0) is 20.7. The molecule has 1 aromatic carbocycles. The molecule has 0 saturated carbocycles. The molecular weight excluding hydrogens is 402 g/mol. The Morgan fingerprint density at radius 2 is 2.07 bits per heavy atom. The number of halogens is 2. The monoisotopic (exact) mass is 422 g/mol. The number of β-amino-alcohol motifs (C(OH)–C–C–N with tert-alkyl or cyclic N) is 1. The van der Waals surface area contributed by atoms with E-state index in [0.717, 1.165) is 0 Å². The van der Waals surface area contributed by atoms with Crippen molar-refractivity contribution in [3.05, 3.63) is 35.0 Å². The topological polar surface area (TPSA) is 109 Å². The highest BCUT2D eigenvalue weighted by Gasteiger charge is 2.45. The van der Waals surface area contributed by atoms with Crippen LogP contribution in [-0.2, 0) is 22.2 Å². The fourth-order valence-electron chi connectivity index (χ4n) is 4.31. The molecule has 7 nitrogen and oxygen atoms in total. The van der Waals surface area contributed by atoms with Gasteiger partial charge in [-0.25, -0.2) is 18.4 Å². The summed E-state index contributed by atoms with van der Waals surface area (Å²) in [6.45, 7) is 2.03. The number of nitrogens with zero attached hydrogens (tertiary/aromatic N) is 3. The van der Waals surface area contributed by atoms with Gasteiger partial charge in [-0.1, -0.05) is 12.1 Å². The Balaban J connectivity index is 1.69. The number of aliphatic hydroxyl groups is 1. The molecule has 5 rings (SSSR count). The van der Waals surface area contributed by atoms with Gasteiger partial charge in [0.25, 0.3) is 5.92 Å². The molecule has 3 heterocycles. The van der Waals surface area contributed by atoms with E-state index in [9.17, 15) is 22.3 Å². The van der Waals surface area contributed by atoms with Crippen molar-refractivity contribution in [2.75, 3.05) is 17.2 Å². The third-order valence-electron chi connectivity index (χ3n) is 6.14. The summed E-state index contributed by atoms with van der Waals surface area (Å²) in [6.07, 6.45) is -0.818. The number of sulfone groups is 1. The lowest BCUT2D eigenvalue weighted by Gasteiger charge is -2.43. The van der Waals surface area contributed by atoms with Crippen LogP contribution in [0.15, 0.2) is 23.1 Å². The van der Waals surface area contributed by atoms with Crippen molar-refractivity contribution in [2.24, 2.45) is 5.73 Å². The summed E-state index contributed by atoms with van der Waals surface area (Å²) in [5.41, 5.74) is 7.24. The molecule has 3 atom stereocenters. The van der Waals surface area contributed by atoms with Crippen LogP contribution in [0.2, 0.25) is 0 Å². The van der Waals surface area contributed by atoms with Crippen molar-refractivity contribution in [2.45, 2.75) is 48.8 Å². The van der Waals surface area contributed by atoms with Crippen LogP contribution in [0.3, 0.4) is 0 Å². The first-order valence-electron chi connectivity index (χ1n) is 9.45. The molecule has 3 aliphatic rings. The quantitative estimate of drug-likeness (QED) is 0.755. The van der Waals surface area contributed by atoms with Gasteiger partial charge in [-0.05, 0) is 25.0 Å². The van der Waals surface area contributed by atoms with Gasteiger partial charge in [0.15, 0.2) is 9.84 Å². The average Bonchev–Trinajstić information content (AvgIpc) is 3.10. The molecule has 1 aliphatic carbocycles. The summed E-state index contributed by atoms with van der Waals surface area (Å²) in [7, 11) is -3.52. The van der Waals surface area contributed by atoms with Gasteiger partial charge in [-0.15, -0.1) is 0 Å². The Labute approximate surface area is 166 Å². The molecule has 0 unspecified atom stereocenters. The second kappa shape index (κ2) is 5.93. The molecule has 29 heavy (non-hydrogen) atoms. The molecule has 1 saturated heterocycles. The van der Waals surface area contributed by atoms with E-state index in [1.165, 1.54) is 6.07 Å². The van der Waals surface area contributed by atoms with Crippen LogP contribution in [0.4, 0.5) is 14.7 Å². The smallest absolute Gasteiger partial charge is 0.290 e. The second-order valence-electron chi connectivity index (χ2n) is 8.00. The highest BCUT2D eigenvalue weighted by Crippen LogP contribution is 2.45. The molecule has 10 heteroatoms. The zero-order valence-corrected chi connectivity index (χ0v) is 16.5. The van der Waals surface area contributed by atoms with Crippen LogP contribution < -0.4 is 10.6 Å². The number of aromatic nitrogens is 2. The summed E-state index contributed by atoms with van der Waals surface area (Å²) in [5, 5.41) is 9.79. The Bertz CT molecular complexity index is 1140. The van der Waals surface area contributed by atoms with E-state index in [1.54, 1.807) is 24.0 Å². The van der Waals surface area contributed by atoms with Crippen LogP contribution in [-0.4, -0.2) is 47.9 Å². The van der Waals surface area contributed by atoms with Crippen LogP contribution in [0, 0.1) is 0 Å². The Hall–Kier alpha value is -2.17. The fourth-order valence-corrected chi connectivity index (χ4v) is 6.02. The first kappa shape index (κ1) is 18.8. The molecule has 0 spiro atoms. The Kier molecular flexibility index (Phi) is 3.85. The molecule has 0 bridgehead atoms. The highest BCUT2D eigenvalue weighted by molar-refractivity contribution is 7.91. The molecule has 1 fully saturated rings. The van der Waals surface area contributed by atoms with Crippen molar-refractivity contribution >= 4 is 15.8 Å². The van der Waals surface area contributed by atoms with E-state index in [2.05, 4.69) is 9.97 Å². The molecule has 154 valence electrons. The molecule has 1 aromatic heterocycles. The molecule has 2 aromatic rings. The van der Waals surface area contributed by atoms with Gasteiger partial charge in [0, 0.05) is 30.1 Å². The SMILES string of the molecule is C[C@H]1[C@H](O)CN1c1nc(-c2ccc3c(c2)S(=O)(=O)C[C@@H]3N)c2c(n1)C(F)(F)CC2. The molecule has 0 amide bonds. The minimum atomic E-state index is -3.52. The lowest BCUT2D eigenvalue weighted by atomic mass is 10.0. The highest BCUT2D eigenvalue weighted by atomic mass is 32.2. The maximum absolute atomic E-state index is 14.5. The predicted octanol–water partition coefficient (Wildman–Crippen LogP) is 1.54. The number of alkyl halides is 2. The van der Waals surface area contributed by atoms with Gasteiger partial charge in [-0.2, -0.15) is 8.78 Å². The van der Waals surface area contributed by atoms with Gasteiger partial charge in [0.1, 0.15) is 5.69 Å². The van der Waals surface area contributed by atoms with E-state index < -0.39 is 27.9 Å². The van der Waals surface area contributed by atoms with Crippen LogP contribution in [0.25, 0.3) is 11.3 Å². The number of fused-ring (bicyclic) bond motifs is 2. The number of nitrogens with two attached hydrogens (primary N) is 1. The van der Waals surface area contributed by atoms with E-state index in [-0.39, 0.29) is 47.7 Å². The first-order valence-corrected chi connectivity index (χ1v) is 11.1. The third kappa shape index (κ3) is 2.69. The van der Waals surface area contributed by atoms with E-state index >= 15 is 0 Å². The number of hydrogen-bond acceptors (Lipinski definition) is 7. The van der Waals surface area contributed by atoms with Crippen molar-refractivity contribution in [1.82, 2.24) is 9.97 Å². The van der Waals surface area contributed by atoms with Crippen molar-refractivity contribution in [3.8, 4) is 11.3 Å². The van der Waals surface area contributed by atoms with Crippen LogP contribution >= 0.6 is 0 Å². The van der Waals surface area contributed by atoms with Crippen molar-refractivity contribution in [3.63, 3.8) is 0 Å². The number of hydrogen-bond donors (Lipinski definition) is 2. The van der Waals surface area contributed by atoms with Crippen molar-refractivity contribution in [1.29, 1.82) is 0 Å². The maximum atomic E-state index is 14.5. The number of rotatable bonds is 2. The van der Waals surface area contributed by atoms with E-state index in [1.807, 2.05) is 0 Å². The van der Waals surface area contributed by atoms with Crippen LogP contribution in [0.5, 0.6) is 0 Å². The lowest BCUT2D eigenvalue weighted by molar-refractivity contribution is -0.00603. The molecule has 0 radical (unpaired) electrons. The lowest BCUT2D eigenvalue weighted by Crippen LogP contribution is -2.59. The third-order valence-corrected chi connectivity index (χ3v) is 7.96. The van der Waals surface area contributed by atoms with Gasteiger partial charge >= 0.3 is 0 Å². The second-order valence-corrected chi connectivity index (χ2v) is 10.0. The van der Waals surface area contributed by atoms with Gasteiger partial charge in [-0.3, -0.25) is 0 Å². The normalized spacial score (nSPS) is 28.7. The molecule has 2 aliphatic heterocycles. The average molecular weight is 422 g/mol. The van der Waals surface area contributed by atoms with Gasteiger partial charge < -0.3 is 15.7 Å². The number of aliphatic hydroxyl groups excluding tert-OH is 1. The van der Waals surface area contributed by atoms with Gasteiger partial charge in [0.05, 0.1) is 28.5 Å². The van der Waals surface area contributed by atoms with Crippen molar-refractivity contribution < 1.29 is 22.3 Å². The van der Waals surface area contributed by atoms with E-state index in [0.29, 0.717) is 22.4 Å². The first-order chi connectivity index (χ1) is 13.6. The summed E-state index contributed by atoms with van der Waals surface area (Å²) in [5.74, 6) is -3.11. The number of benzene rings is 1. The minimum absolute atomic E-state index is 0.111. The molecule has 3 N–H and O–H groups in total. The largest absolute Gasteiger partial charge is 0.389 e. The maximum Gasteiger partial charge on any atom is 0.290 e. The standard InChI is InChI=1S/C19H20F2N4O3S/c1-9-14(26)7-25(9)18-23-16(12-4-5-19(20,21)17(12)24-18)10-2-3-11-13(22)8-29(27,28)15(11)6-10/h2-3,6,9,13-14,26H,4-5,7-8,22H2,1H3/t9-,13-,14+/m0/s1. The zero-order valence-electron chi connectivity index (χ0n) is 15.6. The van der Waals surface area contributed by atoms with Crippen LogP contribution in [0.1, 0.15) is 36.2 Å². The summed E-state index contributed by atoms with van der Waals surface area (Å²) in [4.78, 5) is 10.5. The fraction of sp³-hybridized carbons (Fsp3) is 0.474. The summed E-state index contributed by atoms with van der Waals surface area (Å²) < 4.78 is 53.8. The number of anilines is 1. The predicted molar refractivity (Wildman–Crippen MR) is 101 cm³/mol. The van der Waals surface area contributed by atoms with E-state index in [4.69, 9.17) is 5.73 Å². The Morgan fingerprint density at radius 1 is 1.31 bits per heavy atom. The summed E-state index contributed by atoms with van der Waals surface area (Å²) >= 11 is 0. The van der Waals surface area contributed by atoms with Gasteiger partial charge in [0.2, 0.25) is 5.95 Å².